The third-order valence-corrected chi connectivity index (χ3v) is 6.25. The summed E-state index contributed by atoms with van der Waals surface area (Å²) in [5, 5.41) is 13.9. The van der Waals surface area contributed by atoms with E-state index in [-0.39, 0.29) is 42.4 Å². The predicted octanol–water partition coefficient (Wildman–Crippen LogP) is 3.10. The van der Waals surface area contributed by atoms with Crippen molar-refractivity contribution in [2.24, 2.45) is 5.73 Å². The average Bonchev–Trinajstić information content (AvgIpc) is 3.11. The Morgan fingerprint density at radius 3 is 2.83 bits per heavy atom. The molecule has 2 aliphatic rings. The average molecular weight is 439 g/mol. The molecule has 2 heterocycles. The van der Waals surface area contributed by atoms with Crippen LogP contribution in [-0.4, -0.2) is 53.2 Å². The van der Waals surface area contributed by atoms with Gasteiger partial charge in [-0.3, -0.25) is 4.79 Å². The molecule has 1 saturated carbocycles. The Labute approximate surface area is 178 Å². The number of nitrogens with one attached hydrogen (secondary N) is 1. The molecule has 30 heavy (non-hydrogen) atoms. The van der Waals surface area contributed by atoms with E-state index < -0.39 is 23.9 Å². The van der Waals surface area contributed by atoms with E-state index in [1.807, 2.05) is 6.07 Å². The molecule has 0 spiro atoms. The molecule has 2 fully saturated rings. The van der Waals surface area contributed by atoms with Gasteiger partial charge in [-0.1, -0.05) is 11.6 Å². The fourth-order valence-electron chi connectivity index (χ4n) is 4.39. The van der Waals surface area contributed by atoms with Crippen LogP contribution in [0.2, 0.25) is 5.02 Å². The van der Waals surface area contributed by atoms with Crippen LogP contribution in [0.15, 0.2) is 24.3 Å². The quantitative estimate of drug-likeness (QED) is 0.682. The highest BCUT2D eigenvalue weighted by molar-refractivity contribution is 6.35. The van der Waals surface area contributed by atoms with Gasteiger partial charge < -0.3 is 21.1 Å². The van der Waals surface area contributed by atoms with Crippen LogP contribution in [0.4, 0.5) is 14.6 Å². The van der Waals surface area contributed by atoms with Crippen molar-refractivity contribution in [3.8, 4) is 0 Å². The second-order valence-corrected chi connectivity index (χ2v) is 8.85. The number of hydrogen-bond donors (Lipinski definition) is 3. The Morgan fingerprint density at radius 1 is 1.33 bits per heavy atom. The van der Waals surface area contributed by atoms with Gasteiger partial charge in [0, 0.05) is 43.9 Å². The predicted molar refractivity (Wildman–Crippen MR) is 112 cm³/mol. The lowest BCUT2D eigenvalue weighted by Gasteiger charge is -2.36. The summed E-state index contributed by atoms with van der Waals surface area (Å²) in [6.07, 6.45) is 0.424. The van der Waals surface area contributed by atoms with Crippen molar-refractivity contribution in [2.45, 2.75) is 49.7 Å². The SMILES string of the molecule is NC1CCN(c2ccc3c(C(=O)NCC4(O)CCCC(F)(F)C4)c(Cl)ccc3n2)C1. The number of rotatable bonds is 4. The molecule has 2 aromatic rings. The lowest BCUT2D eigenvalue weighted by atomic mass is 9.82. The maximum Gasteiger partial charge on any atom is 0.253 e. The minimum atomic E-state index is -2.92. The molecule has 1 aromatic heterocycles. The highest BCUT2D eigenvalue weighted by Crippen LogP contribution is 2.39. The third-order valence-electron chi connectivity index (χ3n) is 5.93. The normalized spacial score (nSPS) is 26.2. The van der Waals surface area contributed by atoms with Crippen LogP contribution in [-0.2, 0) is 0 Å². The van der Waals surface area contributed by atoms with E-state index in [0.29, 0.717) is 10.9 Å². The van der Waals surface area contributed by atoms with Gasteiger partial charge in [-0.05, 0) is 43.5 Å². The minimum Gasteiger partial charge on any atom is -0.388 e. The standard InChI is InChI=1S/C21H25ClF2N4O2/c22-15-3-4-16-14(2-5-17(27-16)28-9-6-13(25)10-28)18(15)19(29)26-12-20(30)7-1-8-21(23,24)11-20/h2-5,13,30H,1,6-12,25H2,(H,26,29). The molecule has 1 saturated heterocycles. The van der Waals surface area contributed by atoms with Crippen molar-refractivity contribution in [1.82, 2.24) is 10.3 Å². The molecular formula is C21H25ClF2N4O2. The molecule has 1 amide bonds. The Balaban J connectivity index is 1.55. The van der Waals surface area contributed by atoms with Crippen molar-refractivity contribution in [3.63, 3.8) is 0 Å². The summed E-state index contributed by atoms with van der Waals surface area (Å²) in [7, 11) is 0. The number of aromatic nitrogens is 1. The summed E-state index contributed by atoms with van der Waals surface area (Å²) in [5.41, 5.74) is 5.17. The molecule has 0 bridgehead atoms. The van der Waals surface area contributed by atoms with Gasteiger partial charge in [0.25, 0.3) is 11.8 Å². The fourth-order valence-corrected chi connectivity index (χ4v) is 4.64. The number of amides is 1. The third kappa shape index (κ3) is 4.36. The monoisotopic (exact) mass is 438 g/mol. The molecule has 4 rings (SSSR count). The summed E-state index contributed by atoms with van der Waals surface area (Å²) in [6, 6.07) is 7.05. The van der Waals surface area contributed by atoms with E-state index in [0.717, 1.165) is 25.3 Å². The first-order valence-electron chi connectivity index (χ1n) is 10.1. The van der Waals surface area contributed by atoms with Crippen molar-refractivity contribution < 1.29 is 18.7 Å². The first-order valence-corrected chi connectivity index (χ1v) is 10.5. The van der Waals surface area contributed by atoms with Gasteiger partial charge in [-0.2, -0.15) is 0 Å². The second-order valence-electron chi connectivity index (χ2n) is 8.45. The van der Waals surface area contributed by atoms with Crippen LogP contribution in [0.5, 0.6) is 0 Å². The summed E-state index contributed by atoms with van der Waals surface area (Å²) in [4.78, 5) is 19.6. The number of anilines is 1. The van der Waals surface area contributed by atoms with E-state index in [9.17, 15) is 18.7 Å². The smallest absolute Gasteiger partial charge is 0.253 e. The van der Waals surface area contributed by atoms with E-state index in [1.165, 1.54) is 0 Å². The Kier molecular flexibility index (Phi) is 5.59. The van der Waals surface area contributed by atoms with Gasteiger partial charge in [0.05, 0.1) is 21.7 Å². The van der Waals surface area contributed by atoms with E-state index >= 15 is 0 Å². The van der Waals surface area contributed by atoms with Crippen LogP contribution >= 0.6 is 11.6 Å². The Bertz CT molecular complexity index is 973. The molecule has 1 aliphatic carbocycles. The number of pyridine rings is 1. The number of hydrogen-bond acceptors (Lipinski definition) is 5. The highest BCUT2D eigenvalue weighted by atomic mass is 35.5. The van der Waals surface area contributed by atoms with E-state index in [2.05, 4.69) is 15.2 Å². The van der Waals surface area contributed by atoms with Crippen LogP contribution in [0.1, 0.15) is 42.5 Å². The number of benzene rings is 1. The number of aliphatic hydroxyl groups is 1. The zero-order chi connectivity index (χ0) is 21.5. The molecular weight excluding hydrogens is 414 g/mol. The molecule has 162 valence electrons. The van der Waals surface area contributed by atoms with Gasteiger partial charge in [-0.15, -0.1) is 0 Å². The largest absolute Gasteiger partial charge is 0.388 e. The Morgan fingerprint density at radius 2 is 2.13 bits per heavy atom. The molecule has 2 atom stereocenters. The molecule has 2 unspecified atom stereocenters. The maximum absolute atomic E-state index is 13.7. The van der Waals surface area contributed by atoms with Crippen LogP contribution in [0.3, 0.4) is 0 Å². The van der Waals surface area contributed by atoms with Crippen molar-refractivity contribution in [3.05, 3.63) is 34.9 Å². The number of halogens is 3. The molecule has 0 radical (unpaired) electrons. The van der Waals surface area contributed by atoms with Gasteiger partial charge in [-0.25, -0.2) is 13.8 Å². The van der Waals surface area contributed by atoms with Gasteiger partial charge in [0.1, 0.15) is 5.82 Å². The summed E-state index contributed by atoms with van der Waals surface area (Å²) >= 11 is 6.29. The lowest BCUT2D eigenvalue weighted by molar-refractivity contribution is -0.121. The topological polar surface area (TPSA) is 91.5 Å². The van der Waals surface area contributed by atoms with Gasteiger partial charge in [0.2, 0.25) is 0 Å². The van der Waals surface area contributed by atoms with E-state index in [4.69, 9.17) is 17.3 Å². The van der Waals surface area contributed by atoms with Crippen LogP contribution in [0.25, 0.3) is 10.9 Å². The number of carbonyl (C=O) groups excluding carboxylic acids is 1. The van der Waals surface area contributed by atoms with Gasteiger partial charge >= 0.3 is 0 Å². The first kappa shape index (κ1) is 21.2. The van der Waals surface area contributed by atoms with Crippen molar-refractivity contribution >= 4 is 34.2 Å². The number of fused-ring (bicyclic) bond motifs is 1. The number of alkyl halides is 2. The molecule has 9 heteroatoms. The molecule has 1 aliphatic heterocycles. The lowest BCUT2D eigenvalue weighted by Crippen LogP contribution is -2.49. The molecule has 4 N–H and O–H groups in total. The molecule has 6 nitrogen and oxygen atoms in total. The first-order chi connectivity index (χ1) is 14.2. The zero-order valence-electron chi connectivity index (χ0n) is 16.5. The minimum absolute atomic E-state index is 0.118. The van der Waals surface area contributed by atoms with Crippen LogP contribution < -0.4 is 16.0 Å². The maximum atomic E-state index is 13.7. The highest BCUT2D eigenvalue weighted by Gasteiger charge is 2.44. The van der Waals surface area contributed by atoms with E-state index in [1.54, 1.807) is 18.2 Å². The van der Waals surface area contributed by atoms with Gasteiger partial charge in [0.15, 0.2) is 0 Å². The number of carbonyl (C=O) groups is 1. The fraction of sp³-hybridized carbons (Fsp3) is 0.524. The number of nitrogens with zero attached hydrogens (tertiary/aromatic N) is 2. The number of nitrogens with two attached hydrogens (primary N) is 1. The summed E-state index contributed by atoms with van der Waals surface area (Å²) in [5.74, 6) is -2.67. The summed E-state index contributed by atoms with van der Waals surface area (Å²) in [6.45, 7) is 1.29. The molecule has 1 aromatic carbocycles. The van der Waals surface area contributed by atoms with Crippen molar-refractivity contribution in [1.29, 1.82) is 0 Å². The zero-order valence-corrected chi connectivity index (χ0v) is 17.3. The second kappa shape index (κ2) is 7.90. The Hall–Kier alpha value is -2.03. The van der Waals surface area contributed by atoms with Crippen molar-refractivity contribution in [2.75, 3.05) is 24.5 Å². The summed E-state index contributed by atoms with van der Waals surface area (Å²) < 4.78 is 27.4. The van der Waals surface area contributed by atoms with Crippen LogP contribution in [0, 0.1) is 0 Å².